The molecule has 1 atom stereocenters. The standard InChI is InChI=1S/C18H28N4O2/c1-20-9-3-4-15(14-20)6-7-17(23)21-10-12-22(13-11-21)18(24)16-5-2-8-19-16/h2,5,8,15,19H,3-4,6-7,9-14H2,1H3/t15-/m0/s1. The van der Waals surface area contributed by atoms with Crippen LogP contribution < -0.4 is 0 Å². The second-order valence-corrected chi connectivity index (χ2v) is 7.07. The fourth-order valence-corrected chi connectivity index (χ4v) is 3.79. The Kier molecular flexibility index (Phi) is 5.56. The highest BCUT2D eigenvalue weighted by atomic mass is 16.2. The largest absolute Gasteiger partial charge is 0.357 e. The number of carbonyl (C=O) groups excluding carboxylic acids is 2. The van der Waals surface area contributed by atoms with Gasteiger partial charge in [0.2, 0.25) is 5.91 Å². The molecule has 1 N–H and O–H groups in total. The molecule has 0 bridgehead atoms. The summed E-state index contributed by atoms with van der Waals surface area (Å²) in [6, 6.07) is 3.62. The van der Waals surface area contributed by atoms with Crippen molar-refractivity contribution in [3.63, 3.8) is 0 Å². The van der Waals surface area contributed by atoms with Crippen molar-refractivity contribution < 1.29 is 9.59 Å². The highest BCUT2D eigenvalue weighted by molar-refractivity contribution is 5.92. The lowest BCUT2D eigenvalue weighted by molar-refractivity contribution is -0.133. The van der Waals surface area contributed by atoms with Crippen LogP contribution in [0.15, 0.2) is 18.3 Å². The molecule has 6 heteroatoms. The molecule has 2 amide bonds. The summed E-state index contributed by atoms with van der Waals surface area (Å²) in [5.41, 5.74) is 0.621. The van der Waals surface area contributed by atoms with E-state index in [4.69, 9.17) is 0 Å². The fraction of sp³-hybridized carbons (Fsp3) is 0.667. The van der Waals surface area contributed by atoms with Gasteiger partial charge < -0.3 is 19.7 Å². The van der Waals surface area contributed by atoms with Crippen molar-refractivity contribution in [1.82, 2.24) is 19.7 Å². The number of aromatic amines is 1. The second kappa shape index (κ2) is 7.83. The fourth-order valence-electron chi connectivity index (χ4n) is 3.79. The highest BCUT2D eigenvalue weighted by Gasteiger charge is 2.26. The number of hydrogen-bond acceptors (Lipinski definition) is 3. The summed E-state index contributed by atoms with van der Waals surface area (Å²) >= 11 is 0. The van der Waals surface area contributed by atoms with Crippen molar-refractivity contribution in [2.75, 3.05) is 46.3 Å². The zero-order valence-corrected chi connectivity index (χ0v) is 14.5. The lowest BCUT2D eigenvalue weighted by atomic mass is 9.93. The molecule has 2 fully saturated rings. The minimum absolute atomic E-state index is 0.0253. The maximum atomic E-state index is 12.4. The van der Waals surface area contributed by atoms with Crippen LogP contribution in [0.25, 0.3) is 0 Å². The normalized spacial score (nSPS) is 22.6. The number of amides is 2. The lowest BCUT2D eigenvalue weighted by Gasteiger charge is -2.35. The maximum Gasteiger partial charge on any atom is 0.270 e. The SMILES string of the molecule is CN1CCC[C@@H](CCC(=O)N2CCN(C(=O)c3ccc[nH]3)CC2)C1. The van der Waals surface area contributed by atoms with E-state index in [0.29, 0.717) is 44.2 Å². The third-order valence-electron chi connectivity index (χ3n) is 5.24. The van der Waals surface area contributed by atoms with Crippen LogP contribution in [-0.2, 0) is 4.79 Å². The number of hydrogen-bond donors (Lipinski definition) is 1. The first-order valence-electron chi connectivity index (χ1n) is 9.02. The summed E-state index contributed by atoms with van der Waals surface area (Å²) in [6.45, 7) is 4.84. The van der Waals surface area contributed by atoms with Crippen molar-refractivity contribution in [3.8, 4) is 0 Å². The van der Waals surface area contributed by atoms with Gasteiger partial charge in [0.15, 0.2) is 0 Å². The maximum absolute atomic E-state index is 12.4. The van der Waals surface area contributed by atoms with Gasteiger partial charge in [-0.1, -0.05) is 0 Å². The minimum Gasteiger partial charge on any atom is -0.357 e. The molecule has 0 radical (unpaired) electrons. The van der Waals surface area contributed by atoms with Gasteiger partial charge in [0, 0.05) is 45.3 Å². The molecule has 2 saturated heterocycles. The van der Waals surface area contributed by atoms with Crippen LogP contribution in [0.3, 0.4) is 0 Å². The molecule has 0 spiro atoms. The Labute approximate surface area is 143 Å². The van der Waals surface area contributed by atoms with E-state index in [2.05, 4.69) is 16.9 Å². The van der Waals surface area contributed by atoms with E-state index in [1.165, 1.54) is 19.4 Å². The first-order chi connectivity index (χ1) is 11.6. The predicted octanol–water partition coefficient (Wildman–Crippen LogP) is 1.42. The molecule has 1 aromatic heterocycles. The molecule has 2 aliphatic heterocycles. The monoisotopic (exact) mass is 332 g/mol. The third-order valence-corrected chi connectivity index (χ3v) is 5.24. The number of carbonyl (C=O) groups is 2. The number of nitrogens with zero attached hydrogens (tertiary/aromatic N) is 3. The lowest BCUT2D eigenvalue weighted by Crippen LogP contribution is -2.50. The molecule has 2 aliphatic rings. The summed E-state index contributed by atoms with van der Waals surface area (Å²) in [5.74, 6) is 0.927. The summed E-state index contributed by atoms with van der Waals surface area (Å²) in [7, 11) is 2.16. The van der Waals surface area contributed by atoms with Gasteiger partial charge in [-0.2, -0.15) is 0 Å². The van der Waals surface area contributed by atoms with E-state index < -0.39 is 0 Å². The number of nitrogens with one attached hydrogen (secondary N) is 1. The van der Waals surface area contributed by atoms with Crippen molar-refractivity contribution in [2.24, 2.45) is 5.92 Å². The number of likely N-dealkylation sites (tertiary alicyclic amines) is 1. The number of rotatable bonds is 4. The first-order valence-corrected chi connectivity index (χ1v) is 9.02. The Bertz CT molecular complexity index is 549. The number of piperazine rings is 1. The number of H-pyrrole nitrogens is 1. The Hall–Kier alpha value is -1.82. The van der Waals surface area contributed by atoms with Crippen molar-refractivity contribution in [3.05, 3.63) is 24.0 Å². The van der Waals surface area contributed by atoms with Gasteiger partial charge in [-0.05, 0) is 50.9 Å². The van der Waals surface area contributed by atoms with E-state index in [1.54, 1.807) is 12.3 Å². The topological polar surface area (TPSA) is 59.7 Å². The van der Waals surface area contributed by atoms with E-state index >= 15 is 0 Å². The van der Waals surface area contributed by atoms with Crippen LogP contribution >= 0.6 is 0 Å². The average Bonchev–Trinajstić information content (AvgIpc) is 3.14. The van der Waals surface area contributed by atoms with Gasteiger partial charge in [0.25, 0.3) is 5.91 Å². The zero-order valence-electron chi connectivity index (χ0n) is 14.5. The molecule has 1 aromatic rings. The van der Waals surface area contributed by atoms with Gasteiger partial charge in [0.1, 0.15) is 5.69 Å². The minimum atomic E-state index is 0.0253. The third kappa shape index (κ3) is 4.17. The Balaban J connectivity index is 1.41. The number of piperidine rings is 1. The van der Waals surface area contributed by atoms with E-state index in [-0.39, 0.29) is 11.8 Å². The molecular formula is C18H28N4O2. The van der Waals surface area contributed by atoms with Crippen molar-refractivity contribution >= 4 is 11.8 Å². The highest BCUT2D eigenvalue weighted by Crippen LogP contribution is 2.20. The summed E-state index contributed by atoms with van der Waals surface area (Å²) in [4.78, 5) is 33.8. The summed E-state index contributed by atoms with van der Waals surface area (Å²) in [6.07, 6.45) is 5.88. The average molecular weight is 332 g/mol. The van der Waals surface area contributed by atoms with Gasteiger partial charge >= 0.3 is 0 Å². The van der Waals surface area contributed by atoms with Gasteiger partial charge in [0.05, 0.1) is 0 Å². The molecular weight excluding hydrogens is 304 g/mol. The van der Waals surface area contributed by atoms with Gasteiger partial charge in [-0.25, -0.2) is 0 Å². The zero-order chi connectivity index (χ0) is 16.9. The molecule has 0 aliphatic carbocycles. The quantitative estimate of drug-likeness (QED) is 0.907. The van der Waals surface area contributed by atoms with Crippen LogP contribution in [0.1, 0.15) is 36.2 Å². The van der Waals surface area contributed by atoms with E-state index in [9.17, 15) is 9.59 Å². The smallest absolute Gasteiger partial charge is 0.270 e. The molecule has 0 saturated carbocycles. The van der Waals surface area contributed by atoms with Crippen LogP contribution in [0.5, 0.6) is 0 Å². The first kappa shape index (κ1) is 17.0. The Morgan fingerprint density at radius 3 is 2.58 bits per heavy atom. The van der Waals surface area contributed by atoms with Crippen molar-refractivity contribution in [2.45, 2.75) is 25.7 Å². The summed E-state index contributed by atoms with van der Waals surface area (Å²) in [5, 5.41) is 0. The Morgan fingerprint density at radius 2 is 1.92 bits per heavy atom. The van der Waals surface area contributed by atoms with Crippen molar-refractivity contribution in [1.29, 1.82) is 0 Å². The van der Waals surface area contributed by atoms with Crippen LogP contribution in [0.4, 0.5) is 0 Å². The van der Waals surface area contributed by atoms with Crippen LogP contribution in [-0.4, -0.2) is 77.8 Å². The number of aromatic nitrogens is 1. The molecule has 3 rings (SSSR count). The Morgan fingerprint density at radius 1 is 1.17 bits per heavy atom. The molecule has 6 nitrogen and oxygen atoms in total. The molecule has 24 heavy (non-hydrogen) atoms. The summed E-state index contributed by atoms with van der Waals surface area (Å²) < 4.78 is 0. The molecule has 0 aromatic carbocycles. The second-order valence-electron chi connectivity index (χ2n) is 7.07. The predicted molar refractivity (Wildman–Crippen MR) is 92.7 cm³/mol. The van der Waals surface area contributed by atoms with Gasteiger partial charge in [-0.15, -0.1) is 0 Å². The molecule has 132 valence electrons. The molecule has 3 heterocycles. The van der Waals surface area contributed by atoms with Crippen LogP contribution in [0.2, 0.25) is 0 Å². The van der Waals surface area contributed by atoms with E-state index in [0.717, 1.165) is 13.0 Å². The molecule has 0 unspecified atom stereocenters. The van der Waals surface area contributed by atoms with E-state index in [1.807, 2.05) is 15.9 Å². The van der Waals surface area contributed by atoms with Crippen LogP contribution in [0, 0.1) is 5.92 Å². The van der Waals surface area contributed by atoms with Gasteiger partial charge in [-0.3, -0.25) is 9.59 Å².